The van der Waals surface area contributed by atoms with Crippen molar-refractivity contribution in [1.82, 2.24) is 14.8 Å². The average Bonchev–Trinajstić information content (AvgIpc) is 3.11. The van der Waals surface area contributed by atoms with Gasteiger partial charge in [-0.2, -0.15) is 0 Å². The smallest absolute Gasteiger partial charge is 0.164 e. The van der Waals surface area contributed by atoms with Crippen LogP contribution < -0.4 is 0 Å². The molecular weight excluding hydrogens is 324 g/mol. The standard InChI is InChI=1S/C21H26N4O/c1-24-9-4-16(5-10-24)19-15-23-20-3-2-17(14-18(19)20)21(26)6-11-25-12-7-22-8-13-25/h2-3,7-8,12,14-16,23H,4-6,9-11,13H2,1H3. The van der Waals surface area contributed by atoms with E-state index in [1.54, 1.807) is 6.20 Å². The Balaban J connectivity index is 1.49. The lowest BCUT2D eigenvalue weighted by Crippen LogP contribution is -2.29. The van der Waals surface area contributed by atoms with Gasteiger partial charge in [-0.3, -0.25) is 9.79 Å². The SMILES string of the molecule is CN1CCC(c2c[nH]c3ccc(C(=O)CCN4C=CN=CC4)cc23)CC1. The third-order valence-corrected chi connectivity index (χ3v) is 5.61. The molecule has 2 aliphatic heterocycles. The quantitative estimate of drug-likeness (QED) is 0.841. The summed E-state index contributed by atoms with van der Waals surface area (Å²) in [6.07, 6.45) is 10.6. The molecule has 0 atom stereocenters. The van der Waals surface area contributed by atoms with Crippen molar-refractivity contribution in [3.05, 3.63) is 47.9 Å². The summed E-state index contributed by atoms with van der Waals surface area (Å²) in [4.78, 5) is 24.6. The van der Waals surface area contributed by atoms with Crippen molar-refractivity contribution < 1.29 is 4.79 Å². The minimum Gasteiger partial charge on any atom is -0.370 e. The van der Waals surface area contributed by atoms with E-state index in [9.17, 15) is 4.79 Å². The van der Waals surface area contributed by atoms with Crippen LogP contribution in [0.25, 0.3) is 10.9 Å². The molecule has 26 heavy (non-hydrogen) atoms. The number of hydrogen-bond acceptors (Lipinski definition) is 4. The molecule has 2 aliphatic rings. The highest BCUT2D eigenvalue weighted by Gasteiger charge is 2.21. The zero-order chi connectivity index (χ0) is 17.9. The Morgan fingerprint density at radius 1 is 1.31 bits per heavy atom. The highest BCUT2D eigenvalue weighted by Crippen LogP contribution is 2.33. The van der Waals surface area contributed by atoms with E-state index in [-0.39, 0.29) is 5.78 Å². The second-order valence-electron chi connectivity index (χ2n) is 7.38. The molecule has 0 spiro atoms. The van der Waals surface area contributed by atoms with Crippen LogP contribution in [0.15, 0.2) is 41.8 Å². The number of benzene rings is 1. The monoisotopic (exact) mass is 350 g/mol. The lowest BCUT2D eigenvalue weighted by atomic mass is 9.89. The first-order chi connectivity index (χ1) is 12.7. The van der Waals surface area contributed by atoms with Crippen LogP contribution in [0.2, 0.25) is 0 Å². The number of fused-ring (bicyclic) bond motifs is 1. The van der Waals surface area contributed by atoms with Crippen LogP contribution in [-0.4, -0.2) is 60.0 Å². The Morgan fingerprint density at radius 2 is 2.15 bits per heavy atom. The fraction of sp³-hybridized carbons (Fsp3) is 0.429. The molecule has 3 heterocycles. The number of likely N-dealkylation sites (tertiary alicyclic amines) is 1. The van der Waals surface area contributed by atoms with Crippen molar-refractivity contribution in [2.75, 3.05) is 33.2 Å². The van der Waals surface area contributed by atoms with E-state index >= 15 is 0 Å². The van der Waals surface area contributed by atoms with Gasteiger partial charge in [0.2, 0.25) is 0 Å². The number of aromatic amines is 1. The fourth-order valence-corrected chi connectivity index (χ4v) is 3.93. The molecule has 1 aromatic heterocycles. The minimum atomic E-state index is 0.207. The first-order valence-corrected chi connectivity index (χ1v) is 9.46. The average molecular weight is 350 g/mol. The van der Waals surface area contributed by atoms with Crippen LogP contribution in [0, 0.1) is 0 Å². The number of ketones is 1. The summed E-state index contributed by atoms with van der Waals surface area (Å²) in [6, 6.07) is 6.09. The number of aromatic nitrogens is 1. The Kier molecular flexibility index (Phi) is 4.89. The normalized spacial score (nSPS) is 18.7. The number of aliphatic imine (C=N–C) groups is 1. The van der Waals surface area contributed by atoms with Crippen molar-refractivity contribution in [3.63, 3.8) is 0 Å². The van der Waals surface area contributed by atoms with Crippen LogP contribution in [0.3, 0.4) is 0 Å². The van der Waals surface area contributed by atoms with Crippen LogP contribution in [0.4, 0.5) is 0 Å². The molecule has 0 saturated carbocycles. The number of carbonyl (C=O) groups is 1. The van der Waals surface area contributed by atoms with Crippen LogP contribution >= 0.6 is 0 Å². The van der Waals surface area contributed by atoms with Gasteiger partial charge in [-0.1, -0.05) is 0 Å². The topological polar surface area (TPSA) is 51.7 Å². The largest absolute Gasteiger partial charge is 0.370 e. The molecule has 0 radical (unpaired) electrons. The maximum Gasteiger partial charge on any atom is 0.164 e. The van der Waals surface area contributed by atoms with E-state index in [1.165, 1.54) is 23.8 Å². The molecule has 1 N–H and O–H groups in total. The molecular formula is C21H26N4O. The molecule has 2 aromatic rings. The lowest BCUT2D eigenvalue weighted by molar-refractivity contribution is 0.0974. The maximum absolute atomic E-state index is 12.7. The van der Waals surface area contributed by atoms with Gasteiger partial charge >= 0.3 is 0 Å². The summed E-state index contributed by atoms with van der Waals surface area (Å²) in [5, 5.41) is 1.22. The summed E-state index contributed by atoms with van der Waals surface area (Å²) in [5.74, 6) is 0.793. The van der Waals surface area contributed by atoms with Gasteiger partial charge < -0.3 is 14.8 Å². The molecule has 1 saturated heterocycles. The molecule has 1 fully saturated rings. The van der Waals surface area contributed by atoms with Crippen LogP contribution in [-0.2, 0) is 0 Å². The van der Waals surface area contributed by atoms with Crippen molar-refractivity contribution in [2.45, 2.75) is 25.2 Å². The number of Topliss-reactive ketones (excluding diaryl/α,β-unsaturated/α-hetero) is 1. The number of rotatable bonds is 5. The number of hydrogen-bond donors (Lipinski definition) is 1. The van der Waals surface area contributed by atoms with Crippen molar-refractivity contribution in [1.29, 1.82) is 0 Å². The molecule has 4 rings (SSSR count). The molecule has 0 bridgehead atoms. The number of nitrogens with one attached hydrogen (secondary N) is 1. The Hall–Kier alpha value is -2.40. The van der Waals surface area contributed by atoms with E-state index < -0.39 is 0 Å². The fourth-order valence-electron chi connectivity index (χ4n) is 3.93. The third-order valence-electron chi connectivity index (χ3n) is 5.61. The Labute approximate surface area is 154 Å². The highest BCUT2D eigenvalue weighted by atomic mass is 16.1. The van der Waals surface area contributed by atoms with Gasteiger partial charge in [0, 0.05) is 54.2 Å². The molecule has 5 heteroatoms. The molecule has 5 nitrogen and oxygen atoms in total. The molecule has 1 aromatic carbocycles. The van der Waals surface area contributed by atoms with Gasteiger partial charge in [-0.15, -0.1) is 0 Å². The zero-order valence-corrected chi connectivity index (χ0v) is 15.3. The number of nitrogens with zero attached hydrogens (tertiary/aromatic N) is 3. The predicted molar refractivity (Wildman–Crippen MR) is 106 cm³/mol. The van der Waals surface area contributed by atoms with Gasteiger partial charge in [0.15, 0.2) is 5.78 Å². The number of H-pyrrole nitrogens is 1. The van der Waals surface area contributed by atoms with Crippen molar-refractivity contribution >= 4 is 22.9 Å². The predicted octanol–water partition coefficient (Wildman–Crippen LogP) is 3.41. The van der Waals surface area contributed by atoms with E-state index in [4.69, 9.17) is 0 Å². The number of piperidine rings is 1. The molecule has 0 aliphatic carbocycles. The molecule has 136 valence electrons. The maximum atomic E-state index is 12.7. The van der Waals surface area contributed by atoms with Gasteiger partial charge in [-0.25, -0.2) is 0 Å². The summed E-state index contributed by atoms with van der Waals surface area (Å²) >= 11 is 0. The van der Waals surface area contributed by atoms with E-state index in [0.717, 1.165) is 37.3 Å². The lowest BCUT2D eigenvalue weighted by Gasteiger charge is -2.28. The van der Waals surface area contributed by atoms with Gasteiger partial charge in [0.05, 0.1) is 6.54 Å². The van der Waals surface area contributed by atoms with E-state index in [2.05, 4.69) is 45.2 Å². The summed E-state index contributed by atoms with van der Waals surface area (Å²) in [7, 11) is 2.19. The Bertz CT molecular complexity index is 843. The zero-order valence-electron chi connectivity index (χ0n) is 15.3. The van der Waals surface area contributed by atoms with Crippen LogP contribution in [0.1, 0.15) is 41.1 Å². The summed E-state index contributed by atoms with van der Waals surface area (Å²) in [5.41, 5.74) is 3.32. The second-order valence-corrected chi connectivity index (χ2v) is 7.38. The van der Waals surface area contributed by atoms with Crippen molar-refractivity contribution in [2.24, 2.45) is 4.99 Å². The Morgan fingerprint density at radius 3 is 2.92 bits per heavy atom. The second kappa shape index (κ2) is 7.46. The van der Waals surface area contributed by atoms with Gasteiger partial charge in [-0.05, 0) is 62.7 Å². The van der Waals surface area contributed by atoms with E-state index in [0.29, 0.717) is 12.3 Å². The first-order valence-electron chi connectivity index (χ1n) is 9.46. The summed E-state index contributed by atoms with van der Waals surface area (Å²) < 4.78 is 0. The first kappa shape index (κ1) is 17.0. The summed E-state index contributed by atoms with van der Waals surface area (Å²) in [6.45, 7) is 3.79. The number of carbonyl (C=O) groups excluding carboxylic acids is 1. The van der Waals surface area contributed by atoms with Crippen LogP contribution in [0.5, 0.6) is 0 Å². The third kappa shape index (κ3) is 3.58. The molecule has 0 unspecified atom stereocenters. The van der Waals surface area contributed by atoms with Gasteiger partial charge in [0.25, 0.3) is 0 Å². The van der Waals surface area contributed by atoms with Gasteiger partial charge in [0.1, 0.15) is 0 Å². The van der Waals surface area contributed by atoms with E-state index in [1.807, 2.05) is 18.5 Å². The molecule has 0 amide bonds. The van der Waals surface area contributed by atoms with Crippen molar-refractivity contribution in [3.8, 4) is 0 Å². The minimum absolute atomic E-state index is 0.207. The highest BCUT2D eigenvalue weighted by molar-refractivity contribution is 6.00.